The highest BCUT2D eigenvalue weighted by atomic mass is 16.3. The van der Waals surface area contributed by atoms with Gasteiger partial charge in [0.05, 0.1) is 16.6 Å². The second-order valence-corrected chi connectivity index (χ2v) is 6.54. The molecule has 5 aromatic rings. The van der Waals surface area contributed by atoms with Gasteiger partial charge in [-0.3, -0.25) is 19.8 Å². The summed E-state index contributed by atoms with van der Waals surface area (Å²) in [5.74, 6) is 0.331. The fourth-order valence-electron chi connectivity index (χ4n) is 3.87. The number of aromatic nitrogens is 3. The lowest BCUT2D eigenvalue weighted by Crippen LogP contribution is -2.05. The van der Waals surface area contributed by atoms with Gasteiger partial charge < -0.3 is 4.42 Å². The Kier molecular flexibility index (Phi) is 2.55. The lowest BCUT2D eigenvalue weighted by Gasteiger charge is -2.06. The zero-order chi connectivity index (χ0) is 18.1. The third kappa shape index (κ3) is 1.76. The molecule has 2 N–H and O–H groups in total. The van der Waals surface area contributed by atoms with Crippen LogP contribution in [0.25, 0.3) is 44.6 Å². The molecule has 0 amide bonds. The molecule has 0 aliphatic heterocycles. The van der Waals surface area contributed by atoms with Crippen molar-refractivity contribution in [3.8, 4) is 22.6 Å². The van der Waals surface area contributed by atoms with E-state index in [4.69, 9.17) is 4.42 Å². The van der Waals surface area contributed by atoms with Gasteiger partial charge in [-0.1, -0.05) is 42.5 Å². The van der Waals surface area contributed by atoms with Crippen molar-refractivity contribution in [2.45, 2.75) is 0 Å². The lowest BCUT2D eigenvalue weighted by atomic mass is 10.00. The molecule has 3 aromatic heterocycles. The SMILES string of the molecule is O=C1c2ccccc2-c2nc3[nH][nH]c(=O)c3c(-c3cc4ccccc4o3)c21. The Labute approximate surface area is 151 Å². The summed E-state index contributed by atoms with van der Waals surface area (Å²) in [4.78, 5) is 30.2. The van der Waals surface area contributed by atoms with E-state index >= 15 is 0 Å². The maximum absolute atomic E-state index is 13.2. The van der Waals surface area contributed by atoms with E-state index in [2.05, 4.69) is 15.2 Å². The predicted octanol–water partition coefficient (Wildman–Crippen LogP) is 3.88. The van der Waals surface area contributed by atoms with Crippen molar-refractivity contribution in [3.05, 3.63) is 76.1 Å². The smallest absolute Gasteiger partial charge is 0.274 e. The van der Waals surface area contributed by atoms with Gasteiger partial charge in [0, 0.05) is 22.1 Å². The predicted molar refractivity (Wildman–Crippen MR) is 101 cm³/mol. The van der Waals surface area contributed by atoms with Gasteiger partial charge in [0.15, 0.2) is 11.4 Å². The highest BCUT2D eigenvalue weighted by Gasteiger charge is 2.34. The Bertz CT molecular complexity index is 1440. The van der Waals surface area contributed by atoms with Gasteiger partial charge in [-0.2, -0.15) is 0 Å². The second kappa shape index (κ2) is 4.82. The van der Waals surface area contributed by atoms with Crippen molar-refractivity contribution in [1.82, 2.24) is 15.2 Å². The number of furan rings is 1. The number of carbonyl (C=O) groups excluding carboxylic acids is 1. The van der Waals surface area contributed by atoms with Crippen molar-refractivity contribution >= 4 is 27.8 Å². The zero-order valence-electron chi connectivity index (χ0n) is 13.9. The van der Waals surface area contributed by atoms with E-state index in [0.717, 1.165) is 10.9 Å². The number of fused-ring (bicyclic) bond motifs is 5. The maximum Gasteiger partial charge on any atom is 0.274 e. The molecule has 0 unspecified atom stereocenters. The number of ketones is 1. The third-order valence-electron chi connectivity index (χ3n) is 5.04. The normalized spacial score (nSPS) is 12.7. The number of hydrogen-bond acceptors (Lipinski definition) is 4. The molecule has 6 rings (SSSR count). The first-order chi connectivity index (χ1) is 13.2. The topological polar surface area (TPSA) is 91.8 Å². The van der Waals surface area contributed by atoms with E-state index < -0.39 is 0 Å². The van der Waals surface area contributed by atoms with Crippen LogP contribution in [0, 0.1) is 0 Å². The average Bonchev–Trinajstić information content (AvgIpc) is 3.36. The van der Waals surface area contributed by atoms with Crippen LogP contribution in [0.3, 0.4) is 0 Å². The highest BCUT2D eigenvalue weighted by Crippen LogP contribution is 2.43. The van der Waals surface area contributed by atoms with Gasteiger partial charge in [-0.05, 0) is 12.1 Å². The first-order valence-corrected chi connectivity index (χ1v) is 8.50. The average molecular weight is 353 g/mol. The molecule has 0 saturated carbocycles. The van der Waals surface area contributed by atoms with Gasteiger partial charge in [0.25, 0.3) is 5.56 Å². The molecule has 27 heavy (non-hydrogen) atoms. The van der Waals surface area contributed by atoms with Crippen LogP contribution in [0.5, 0.6) is 0 Å². The summed E-state index contributed by atoms with van der Waals surface area (Å²) < 4.78 is 6.01. The molecule has 6 nitrogen and oxygen atoms in total. The van der Waals surface area contributed by atoms with Gasteiger partial charge in [0.1, 0.15) is 11.3 Å². The number of H-pyrrole nitrogens is 2. The maximum atomic E-state index is 13.2. The summed E-state index contributed by atoms with van der Waals surface area (Å²) in [6, 6.07) is 16.8. The number of aromatic amines is 2. The lowest BCUT2D eigenvalue weighted by molar-refractivity contribution is 0.104. The van der Waals surface area contributed by atoms with E-state index in [9.17, 15) is 9.59 Å². The van der Waals surface area contributed by atoms with E-state index in [1.165, 1.54) is 0 Å². The Balaban J connectivity index is 1.80. The summed E-state index contributed by atoms with van der Waals surface area (Å²) in [7, 11) is 0. The first kappa shape index (κ1) is 14.3. The monoisotopic (exact) mass is 353 g/mol. The molecule has 128 valence electrons. The van der Waals surface area contributed by atoms with Gasteiger partial charge in [-0.25, -0.2) is 4.98 Å². The molecular formula is C21H11N3O3. The molecule has 0 saturated heterocycles. The van der Waals surface area contributed by atoms with Gasteiger partial charge in [0.2, 0.25) is 0 Å². The van der Waals surface area contributed by atoms with Crippen LogP contribution < -0.4 is 5.56 Å². The van der Waals surface area contributed by atoms with Crippen LogP contribution in [0.2, 0.25) is 0 Å². The Morgan fingerprint density at radius 1 is 0.852 bits per heavy atom. The Morgan fingerprint density at radius 3 is 2.48 bits per heavy atom. The Hall–Kier alpha value is -3.93. The van der Waals surface area contributed by atoms with E-state index in [1.807, 2.05) is 48.5 Å². The number of nitrogens with zero attached hydrogens (tertiary/aromatic N) is 1. The number of rotatable bonds is 1. The summed E-state index contributed by atoms with van der Waals surface area (Å²) in [5, 5.41) is 6.60. The summed E-state index contributed by atoms with van der Waals surface area (Å²) in [5.41, 5.74) is 3.57. The molecular weight excluding hydrogens is 342 g/mol. The molecule has 1 aliphatic carbocycles. The van der Waals surface area contributed by atoms with E-state index in [-0.39, 0.29) is 11.3 Å². The van der Waals surface area contributed by atoms with Crippen LogP contribution in [-0.2, 0) is 0 Å². The quantitative estimate of drug-likeness (QED) is 0.469. The minimum absolute atomic E-state index is 0.147. The molecule has 2 aromatic carbocycles. The zero-order valence-corrected chi connectivity index (χ0v) is 13.9. The second-order valence-electron chi connectivity index (χ2n) is 6.54. The molecule has 1 aliphatic rings. The number of hydrogen-bond donors (Lipinski definition) is 2. The molecule has 0 fully saturated rings. The molecule has 0 radical (unpaired) electrons. The van der Waals surface area contributed by atoms with E-state index in [0.29, 0.717) is 44.8 Å². The van der Waals surface area contributed by atoms with Crippen LogP contribution in [-0.4, -0.2) is 21.0 Å². The van der Waals surface area contributed by atoms with Crippen molar-refractivity contribution in [2.75, 3.05) is 0 Å². The number of carbonyl (C=O) groups is 1. The van der Waals surface area contributed by atoms with Crippen molar-refractivity contribution in [1.29, 1.82) is 0 Å². The van der Waals surface area contributed by atoms with Crippen molar-refractivity contribution in [3.63, 3.8) is 0 Å². The number of pyridine rings is 1. The molecule has 0 bridgehead atoms. The van der Waals surface area contributed by atoms with Crippen molar-refractivity contribution < 1.29 is 9.21 Å². The molecule has 0 spiro atoms. The van der Waals surface area contributed by atoms with Gasteiger partial charge >= 0.3 is 0 Å². The fourth-order valence-corrected chi connectivity index (χ4v) is 3.87. The summed E-state index contributed by atoms with van der Waals surface area (Å²) in [6.45, 7) is 0. The molecule has 0 atom stereocenters. The van der Waals surface area contributed by atoms with Crippen molar-refractivity contribution in [2.24, 2.45) is 0 Å². The number of benzene rings is 2. The molecule has 6 heteroatoms. The van der Waals surface area contributed by atoms with Gasteiger partial charge in [-0.15, -0.1) is 0 Å². The van der Waals surface area contributed by atoms with Crippen LogP contribution in [0.4, 0.5) is 0 Å². The minimum Gasteiger partial charge on any atom is -0.456 e. The summed E-state index contributed by atoms with van der Waals surface area (Å²) >= 11 is 0. The Morgan fingerprint density at radius 2 is 1.63 bits per heavy atom. The number of para-hydroxylation sites is 1. The standard InChI is InChI=1S/C21H11N3O3/c25-19-12-7-3-2-6-11(12)18-16(19)15(17-20(22-18)23-24-21(17)26)14-9-10-5-1-4-8-13(10)27-14/h1-9H,(H2,22,23,24,26). The fraction of sp³-hybridized carbons (Fsp3) is 0. The first-order valence-electron chi connectivity index (χ1n) is 8.50. The largest absolute Gasteiger partial charge is 0.456 e. The highest BCUT2D eigenvalue weighted by molar-refractivity contribution is 6.26. The van der Waals surface area contributed by atoms with E-state index in [1.54, 1.807) is 6.07 Å². The molecule has 3 heterocycles. The van der Waals surface area contributed by atoms with Crippen LogP contribution in [0.15, 0.2) is 63.8 Å². The third-order valence-corrected chi connectivity index (χ3v) is 5.04. The summed E-state index contributed by atoms with van der Waals surface area (Å²) in [6.07, 6.45) is 0. The number of nitrogens with one attached hydrogen (secondary N) is 2. The van der Waals surface area contributed by atoms with Crippen LogP contribution in [0.1, 0.15) is 15.9 Å². The van der Waals surface area contributed by atoms with Crippen LogP contribution >= 0.6 is 0 Å². The minimum atomic E-state index is -0.334.